The van der Waals surface area contributed by atoms with Gasteiger partial charge in [0.15, 0.2) is 4.67 Å². The summed E-state index contributed by atoms with van der Waals surface area (Å²) >= 11 is 3.22. The molecular formula is C13H21BrN2O3S. The van der Waals surface area contributed by atoms with Crippen molar-refractivity contribution >= 4 is 26.0 Å². The summed E-state index contributed by atoms with van der Waals surface area (Å²) < 4.78 is 32.4. The van der Waals surface area contributed by atoms with E-state index in [2.05, 4.69) is 35.1 Å². The van der Waals surface area contributed by atoms with Gasteiger partial charge in [-0.05, 0) is 41.2 Å². The number of nitrogens with zero attached hydrogens (tertiary/aromatic N) is 1. The summed E-state index contributed by atoms with van der Waals surface area (Å²) in [6, 6.07) is 1.62. The minimum Gasteiger partial charge on any atom is -0.452 e. The molecule has 1 fully saturated rings. The van der Waals surface area contributed by atoms with Crippen molar-refractivity contribution in [3.05, 3.63) is 16.5 Å². The number of halogens is 1. The Morgan fingerprint density at radius 1 is 1.55 bits per heavy atom. The third kappa shape index (κ3) is 3.44. The Morgan fingerprint density at radius 2 is 2.30 bits per heavy atom. The van der Waals surface area contributed by atoms with E-state index in [0.29, 0.717) is 36.0 Å². The fourth-order valence-corrected chi connectivity index (χ4v) is 4.84. The topological polar surface area (TPSA) is 62.6 Å². The molecule has 1 aliphatic heterocycles. The lowest BCUT2D eigenvalue weighted by molar-refractivity contribution is 0.450. The van der Waals surface area contributed by atoms with Crippen LogP contribution in [0.25, 0.3) is 0 Å². The van der Waals surface area contributed by atoms with Crippen LogP contribution in [0.5, 0.6) is 0 Å². The molecule has 0 amide bonds. The van der Waals surface area contributed by atoms with E-state index in [1.165, 1.54) is 4.31 Å². The Kier molecular flexibility index (Phi) is 5.28. The summed E-state index contributed by atoms with van der Waals surface area (Å²) in [5.74, 6) is 1.05. The Morgan fingerprint density at radius 3 is 2.90 bits per heavy atom. The monoisotopic (exact) mass is 364 g/mol. The Balaban J connectivity index is 2.15. The van der Waals surface area contributed by atoms with Crippen LogP contribution in [0, 0.1) is 5.92 Å². The first-order chi connectivity index (χ1) is 9.45. The zero-order valence-electron chi connectivity index (χ0n) is 11.9. The van der Waals surface area contributed by atoms with Gasteiger partial charge in [-0.3, -0.25) is 0 Å². The molecule has 1 atom stereocenters. The van der Waals surface area contributed by atoms with Crippen LogP contribution in [0.2, 0.25) is 0 Å². The van der Waals surface area contributed by atoms with Crippen molar-refractivity contribution in [1.82, 2.24) is 9.62 Å². The van der Waals surface area contributed by atoms with Crippen molar-refractivity contribution in [3.63, 3.8) is 0 Å². The zero-order chi connectivity index (χ0) is 14.8. The van der Waals surface area contributed by atoms with Gasteiger partial charge in [-0.1, -0.05) is 13.8 Å². The summed E-state index contributed by atoms with van der Waals surface area (Å²) in [5, 5.41) is 3.20. The summed E-state index contributed by atoms with van der Waals surface area (Å²) in [6.45, 7) is 6.74. The van der Waals surface area contributed by atoms with Crippen molar-refractivity contribution in [3.8, 4) is 0 Å². The van der Waals surface area contributed by atoms with Crippen LogP contribution in [0.4, 0.5) is 0 Å². The van der Waals surface area contributed by atoms with Gasteiger partial charge in [0, 0.05) is 19.2 Å². The van der Waals surface area contributed by atoms with Crippen molar-refractivity contribution in [2.24, 2.45) is 5.92 Å². The Hall–Kier alpha value is -0.370. The predicted octanol–water partition coefficient (Wildman–Crippen LogP) is 2.57. The van der Waals surface area contributed by atoms with Gasteiger partial charge in [0.1, 0.15) is 10.7 Å². The van der Waals surface area contributed by atoms with Crippen LogP contribution < -0.4 is 5.32 Å². The molecule has 1 aromatic rings. The molecule has 2 rings (SSSR count). The highest BCUT2D eigenvalue weighted by Crippen LogP contribution is 2.31. The first-order valence-corrected chi connectivity index (χ1v) is 9.17. The van der Waals surface area contributed by atoms with Gasteiger partial charge < -0.3 is 9.73 Å². The first kappa shape index (κ1) is 16.0. The molecule has 1 N–H and O–H groups in total. The van der Waals surface area contributed by atoms with Crippen LogP contribution in [-0.2, 0) is 16.6 Å². The average molecular weight is 365 g/mol. The van der Waals surface area contributed by atoms with Crippen LogP contribution in [0.3, 0.4) is 0 Å². The molecule has 0 radical (unpaired) electrons. The minimum atomic E-state index is -3.45. The molecular weight excluding hydrogens is 344 g/mol. The smallest absolute Gasteiger partial charge is 0.247 e. The summed E-state index contributed by atoms with van der Waals surface area (Å²) in [7, 11) is -3.45. The second-order valence-corrected chi connectivity index (χ2v) is 7.91. The van der Waals surface area contributed by atoms with Crippen LogP contribution >= 0.6 is 15.9 Å². The molecule has 0 spiro atoms. The van der Waals surface area contributed by atoms with E-state index in [0.717, 1.165) is 19.4 Å². The molecule has 1 saturated heterocycles. The van der Waals surface area contributed by atoms with Crippen molar-refractivity contribution in [1.29, 1.82) is 0 Å². The molecule has 0 aliphatic carbocycles. The summed E-state index contributed by atoms with van der Waals surface area (Å²) in [5.41, 5.74) is 0. The van der Waals surface area contributed by atoms with Crippen LogP contribution in [0.1, 0.15) is 32.4 Å². The largest absolute Gasteiger partial charge is 0.452 e. The molecule has 0 saturated carbocycles. The van der Waals surface area contributed by atoms with Gasteiger partial charge in [0.2, 0.25) is 10.0 Å². The third-order valence-electron chi connectivity index (χ3n) is 3.44. The van der Waals surface area contributed by atoms with Gasteiger partial charge in [0.05, 0.1) is 6.54 Å². The molecule has 1 unspecified atom stereocenters. The van der Waals surface area contributed by atoms with Gasteiger partial charge in [-0.2, -0.15) is 4.31 Å². The number of nitrogens with one attached hydrogen (secondary N) is 1. The van der Waals surface area contributed by atoms with E-state index in [1.54, 1.807) is 6.07 Å². The maximum Gasteiger partial charge on any atom is 0.247 e. The molecule has 20 heavy (non-hydrogen) atoms. The Bertz CT molecular complexity index is 556. The van der Waals surface area contributed by atoms with E-state index < -0.39 is 10.0 Å². The molecule has 114 valence electrons. The highest BCUT2D eigenvalue weighted by molar-refractivity contribution is 9.10. The van der Waals surface area contributed by atoms with Crippen LogP contribution in [0.15, 0.2) is 20.0 Å². The molecule has 5 nitrogen and oxygen atoms in total. The normalized spacial score (nSPS) is 20.6. The molecule has 7 heteroatoms. The third-order valence-corrected chi connectivity index (χ3v) is 6.16. The number of furan rings is 1. The van der Waals surface area contributed by atoms with E-state index >= 15 is 0 Å². The van der Waals surface area contributed by atoms with Gasteiger partial charge >= 0.3 is 0 Å². The maximum absolute atomic E-state index is 12.6. The average Bonchev–Trinajstić information content (AvgIpc) is 2.97. The van der Waals surface area contributed by atoms with Gasteiger partial charge in [-0.15, -0.1) is 0 Å². The van der Waals surface area contributed by atoms with Crippen molar-refractivity contribution in [2.75, 3.05) is 19.6 Å². The molecule has 0 aromatic carbocycles. The maximum atomic E-state index is 12.6. The number of hydrogen-bond donors (Lipinski definition) is 1. The van der Waals surface area contributed by atoms with Crippen LogP contribution in [-0.4, -0.2) is 32.4 Å². The molecule has 0 bridgehead atoms. The number of rotatable bonds is 6. The lowest BCUT2D eigenvalue weighted by Gasteiger charge is -2.14. The summed E-state index contributed by atoms with van der Waals surface area (Å²) in [6.07, 6.45) is 1.94. The van der Waals surface area contributed by atoms with Crippen molar-refractivity contribution < 1.29 is 12.8 Å². The highest BCUT2D eigenvalue weighted by atomic mass is 79.9. The van der Waals surface area contributed by atoms with Gasteiger partial charge in [0.25, 0.3) is 0 Å². The lowest BCUT2D eigenvalue weighted by Crippen LogP contribution is -2.28. The first-order valence-electron chi connectivity index (χ1n) is 6.94. The zero-order valence-corrected chi connectivity index (χ0v) is 14.3. The van der Waals surface area contributed by atoms with E-state index in [4.69, 9.17) is 4.42 Å². The van der Waals surface area contributed by atoms with E-state index in [1.807, 2.05) is 0 Å². The highest BCUT2D eigenvalue weighted by Gasteiger charge is 2.33. The molecule has 1 aromatic heterocycles. The van der Waals surface area contributed by atoms with Crippen molar-refractivity contribution in [2.45, 2.75) is 38.1 Å². The minimum absolute atomic E-state index is 0.236. The fourth-order valence-electron chi connectivity index (χ4n) is 2.30. The number of sulfonamides is 1. The summed E-state index contributed by atoms with van der Waals surface area (Å²) in [4.78, 5) is 0.236. The lowest BCUT2D eigenvalue weighted by atomic mass is 10.2. The SMILES string of the molecule is CCCNCc1cc(S(=O)(=O)N2CCC(C)C2)c(Br)o1. The van der Waals surface area contributed by atoms with E-state index in [-0.39, 0.29) is 4.90 Å². The second kappa shape index (κ2) is 6.60. The fraction of sp³-hybridized carbons (Fsp3) is 0.692. The molecule has 1 aliphatic rings. The molecule has 2 heterocycles. The predicted molar refractivity (Wildman–Crippen MR) is 80.9 cm³/mol. The standard InChI is InChI=1S/C13H21BrN2O3S/c1-3-5-15-8-11-7-12(13(14)19-11)20(17,18)16-6-4-10(2)9-16/h7,10,15H,3-6,8-9H2,1-2H3. The second-order valence-electron chi connectivity index (χ2n) is 5.28. The Labute approximate surface area is 128 Å². The van der Waals surface area contributed by atoms with Gasteiger partial charge in [-0.25, -0.2) is 8.42 Å². The number of hydrogen-bond acceptors (Lipinski definition) is 4. The quantitative estimate of drug-likeness (QED) is 0.787. The van der Waals surface area contributed by atoms with E-state index in [9.17, 15) is 8.42 Å².